The van der Waals surface area contributed by atoms with E-state index < -0.39 is 41.6 Å². The van der Waals surface area contributed by atoms with Crippen molar-refractivity contribution in [2.75, 3.05) is 39.6 Å². The number of hydrogen-bond acceptors (Lipinski definition) is 9. The second-order valence-electron chi connectivity index (χ2n) is 8.69. The van der Waals surface area contributed by atoms with Crippen LogP contribution in [0.3, 0.4) is 0 Å². The van der Waals surface area contributed by atoms with Crippen LogP contribution in [0.5, 0.6) is 0 Å². The van der Waals surface area contributed by atoms with E-state index in [4.69, 9.17) is 24.1 Å². The van der Waals surface area contributed by atoms with E-state index in [1.165, 1.54) is 13.0 Å². The van der Waals surface area contributed by atoms with Gasteiger partial charge in [0.2, 0.25) is 5.91 Å². The molecular formula is C25H32BrNO9. The second-order valence-corrected chi connectivity index (χ2v) is 9.54. The highest BCUT2D eigenvalue weighted by Crippen LogP contribution is 2.36. The summed E-state index contributed by atoms with van der Waals surface area (Å²) in [5, 5.41) is 19.8. The third kappa shape index (κ3) is 7.21. The highest BCUT2D eigenvalue weighted by Gasteiger charge is 2.48. The number of aliphatic hydroxyl groups is 2. The molecule has 10 nitrogen and oxygen atoms in total. The number of nitrogens with zero attached hydrogens (tertiary/aromatic N) is 1. The first-order valence-electron chi connectivity index (χ1n) is 11.9. The van der Waals surface area contributed by atoms with Crippen LogP contribution in [0, 0.1) is 5.92 Å². The van der Waals surface area contributed by atoms with Gasteiger partial charge < -0.3 is 29.2 Å². The second kappa shape index (κ2) is 13.4. The fourth-order valence-electron chi connectivity index (χ4n) is 4.09. The van der Waals surface area contributed by atoms with Crippen molar-refractivity contribution in [3.05, 3.63) is 46.5 Å². The first-order valence-corrected chi connectivity index (χ1v) is 12.7. The summed E-state index contributed by atoms with van der Waals surface area (Å²) in [6.45, 7) is 2.72. The maximum absolute atomic E-state index is 13.3. The van der Waals surface area contributed by atoms with Crippen molar-refractivity contribution in [2.45, 2.75) is 44.1 Å². The first kappa shape index (κ1) is 28.4. The molecule has 11 heteroatoms. The van der Waals surface area contributed by atoms with Gasteiger partial charge in [0.1, 0.15) is 12.7 Å². The zero-order chi connectivity index (χ0) is 26.1. The molecule has 1 fully saturated rings. The van der Waals surface area contributed by atoms with Gasteiger partial charge in [0, 0.05) is 13.0 Å². The summed E-state index contributed by atoms with van der Waals surface area (Å²) >= 11 is 3.21. The zero-order valence-corrected chi connectivity index (χ0v) is 21.7. The van der Waals surface area contributed by atoms with Crippen LogP contribution in [0.4, 0.5) is 4.79 Å². The van der Waals surface area contributed by atoms with Gasteiger partial charge in [-0.1, -0.05) is 37.3 Å². The molecular weight excluding hydrogens is 538 g/mol. The van der Waals surface area contributed by atoms with Crippen molar-refractivity contribution in [1.29, 1.82) is 0 Å². The molecule has 0 aromatic heterocycles. The van der Waals surface area contributed by atoms with E-state index in [1.54, 1.807) is 0 Å². The summed E-state index contributed by atoms with van der Waals surface area (Å²) in [5.41, 5.74) is 0.944. The first-order chi connectivity index (χ1) is 17.3. The quantitative estimate of drug-likeness (QED) is 0.342. The molecule has 2 heterocycles. The summed E-state index contributed by atoms with van der Waals surface area (Å²) < 4.78 is 21.6. The Morgan fingerprint density at radius 3 is 2.58 bits per heavy atom. The molecule has 0 aliphatic carbocycles. The van der Waals surface area contributed by atoms with Gasteiger partial charge in [0.05, 0.1) is 42.9 Å². The molecule has 0 unspecified atom stereocenters. The van der Waals surface area contributed by atoms with Crippen LogP contribution in [0.2, 0.25) is 0 Å². The van der Waals surface area contributed by atoms with Crippen molar-refractivity contribution < 1.29 is 43.5 Å². The number of imide groups is 1. The van der Waals surface area contributed by atoms with Gasteiger partial charge >= 0.3 is 6.09 Å². The average molecular weight is 570 g/mol. The van der Waals surface area contributed by atoms with Crippen molar-refractivity contribution in [3.8, 4) is 0 Å². The van der Waals surface area contributed by atoms with E-state index in [-0.39, 0.29) is 30.7 Å². The number of cyclic esters (lactones) is 1. The van der Waals surface area contributed by atoms with Crippen molar-refractivity contribution in [3.63, 3.8) is 0 Å². The lowest BCUT2D eigenvalue weighted by atomic mass is 9.93. The Hall–Kier alpha value is -2.15. The van der Waals surface area contributed by atoms with Gasteiger partial charge in [0.25, 0.3) is 0 Å². The smallest absolute Gasteiger partial charge is 0.416 e. The molecule has 1 saturated heterocycles. The van der Waals surface area contributed by atoms with Crippen molar-refractivity contribution >= 4 is 33.7 Å². The molecule has 36 heavy (non-hydrogen) atoms. The van der Waals surface area contributed by atoms with Crippen molar-refractivity contribution in [1.82, 2.24) is 4.90 Å². The fourth-order valence-corrected chi connectivity index (χ4v) is 4.60. The molecule has 198 valence electrons. The number of amides is 2. The predicted molar refractivity (Wildman–Crippen MR) is 131 cm³/mol. The molecule has 4 atom stereocenters. The van der Waals surface area contributed by atoms with Crippen LogP contribution in [-0.4, -0.2) is 90.5 Å². The minimum absolute atomic E-state index is 0.0574. The van der Waals surface area contributed by atoms with Gasteiger partial charge in [0.15, 0.2) is 11.6 Å². The van der Waals surface area contributed by atoms with Crippen LogP contribution < -0.4 is 0 Å². The standard InChI is InChI=1S/C25H32BrNO9/c1-17(23(30)27-19(16-35-24(27)31)14-18-6-3-2-4-7-18)22-20(29)15-21(26)25(32,36-22)8-5-10-33-12-13-34-11-9-28/h2-4,6-7,15,17,19,22,28,32H,5,8-14,16H2,1H3/t17-,19-,22-,25+/m1/s1. The Balaban J connectivity index is 1.60. The zero-order valence-electron chi connectivity index (χ0n) is 20.1. The highest BCUT2D eigenvalue weighted by molar-refractivity contribution is 9.11. The van der Waals surface area contributed by atoms with E-state index >= 15 is 0 Å². The van der Waals surface area contributed by atoms with E-state index in [1.807, 2.05) is 30.3 Å². The number of aliphatic hydroxyl groups excluding tert-OH is 1. The molecule has 0 spiro atoms. The maximum atomic E-state index is 13.3. The van der Waals surface area contributed by atoms with Gasteiger partial charge in [-0.25, -0.2) is 9.69 Å². The number of hydrogen-bond donors (Lipinski definition) is 2. The minimum atomic E-state index is -1.82. The van der Waals surface area contributed by atoms with Crippen LogP contribution in [-0.2, 0) is 35.0 Å². The summed E-state index contributed by atoms with van der Waals surface area (Å²) in [5.74, 6) is -3.95. The lowest BCUT2D eigenvalue weighted by molar-refractivity contribution is -0.217. The Labute approximate surface area is 218 Å². The van der Waals surface area contributed by atoms with Crippen LogP contribution >= 0.6 is 15.9 Å². The van der Waals surface area contributed by atoms with Gasteiger partial charge in [-0.2, -0.15) is 0 Å². The largest absolute Gasteiger partial charge is 0.447 e. The Kier molecular flexibility index (Phi) is 10.6. The van der Waals surface area contributed by atoms with Gasteiger partial charge in [-0.3, -0.25) is 9.59 Å². The van der Waals surface area contributed by atoms with Crippen LogP contribution in [0.15, 0.2) is 40.9 Å². The van der Waals surface area contributed by atoms with E-state index in [0.29, 0.717) is 32.7 Å². The normalized spacial score (nSPS) is 25.0. The molecule has 3 rings (SSSR count). The summed E-state index contributed by atoms with van der Waals surface area (Å²) in [6.07, 6.45) is 0.107. The molecule has 2 N–H and O–H groups in total. The third-order valence-electron chi connectivity index (χ3n) is 6.01. The third-order valence-corrected chi connectivity index (χ3v) is 6.86. The summed E-state index contributed by atoms with van der Waals surface area (Å²) in [4.78, 5) is 39.5. The minimum Gasteiger partial charge on any atom is -0.447 e. The molecule has 0 saturated carbocycles. The Morgan fingerprint density at radius 2 is 1.89 bits per heavy atom. The van der Waals surface area contributed by atoms with E-state index in [2.05, 4.69) is 15.9 Å². The number of halogens is 1. The monoisotopic (exact) mass is 569 g/mol. The lowest BCUT2D eigenvalue weighted by Gasteiger charge is -2.37. The van der Waals surface area contributed by atoms with Gasteiger partial charge in [-0.05, 0) is 40.4 Å². The Bertz CT molecular complexity index is 941. The highest BCUT2D eigenvalue weighted by atomic mass is 79.9. The number of carbonyl (C=O) groups is 3. The fraction of sp³-hybridized carbons (Fsp3) is 0.560. The molecule has 1 aromatic rings. The molecule has 1 aromatic carbocycles. The van der Waals surface area contributed by atoms with E-state index in [0.717, 1.165) is 10.5 Å². The number of benzene rings is 1. The number of carbonyl (C=O) groups excluding carboxylic acids is 3. The molecule has 2 amide bonds. The maximum Gasteiger partial charge on any atom is 0.416 e. The SMILES string of the molecule is C[C@@H](C(=O)N1C(=O)OC[C@H]1Cc1ccccc1)[C@H]1O[C@@](O)(CCCOCCOCCO)C(Br)=CC1=O. The topological polar surface area (TPSA) is 132 Å². The molecule has 2 aliphatic rings. The van der Waals surface area contributed by atoms with Gasteiger partial charge in [-0.15, -0.1) is 0 Å². The molecule has 2 aliphatic heterocycles. The number of ether oxygens (including phenoxy) is 4. The van der Waals surface area contributed by atoms with Crippen LogP contribution in [0.25, 0.3) is 0 Å². The van der Waals surface area contributed by atoms with E-state index in [9.17, 15) is 19.5 Å². The van der Waals surface area contributed by atoms with Crippen molar-refractivity contribution in [2.24, 2.45) is 5.92 Å². The Morgan fingerprint density at radius 1 is 1.19 bits per heavy atom. The molecule has 0 radical (unpaired) electrons. The number of rotatable bonds is 13. The van der Waals surface area contributed by atoms with Crippen LogP contribution in [0.1, 0.15) is 25.3 Å². The number of ketones is 1. The average Bonchev–Trinajstić information content (AvgIpc) is 3.22. The predicted octanol–water partition coefficient (Wildman–Crippen LogP) is 1.95. The lowest BCUT2D eigenvalue weighted by Crippen LogP contribution is -2.52. The summed E-state index contributed by atoms with van der Waals surface area (Å²) in [7, 11) is 0. The summed E-state index contributed by atoms with van der Waals surface area (Å²) in [6, 6.07) is 8.92. The molecule has 0 bridgehead atoms.